The van der Waals surface area contributed by atoms with E-state index in [9.17, 15) is 13.9 Å². The van der Waals surface area contributed by atoms with Crippen LogP contribution in [0.3, 0.4) is 0 Å². The highest BCUT2D eigenvalue weighted by Gasteiger charge is 2.27. The molecule has 0 fully saturated rings. The summed E-state index contributed by atoms with van der Waals surface area (Å²) in [5, 5.41) is 21.3. The van der Waals surface area contributed by atoms with Gasteiger partial charge in [-0.05, 0) is 31.2 Å². The normalized spacial score (nSPS) is 13.6. The van der Waals surface area contributed by atoms with Gasteiger partial charge in [-0.3, -0.25) is 0 Å². The van der Waals surface area contributed by atoms with E-state index in [0.29, 0.717) is 0 Å². The molecule has 104 valence electrons. The molecule has 0 aliphatic carbocycles. The molecular formula is C14H12F2N2O2. The summed E-state index contributed by atoms with van der Waals surface area (Å²) in [6, 6.07) is 6.67. The Kier molecular flexibility index (Phi) is 3.72. The number of hydrogen-bond donors (Lipinski definition) is 2. The van der Waals surface area contributed by atoms with E-state index in [1.807, 2.05) is 0 Å². The van der Waals surface area contributed by atoms with Gasteiger partial charge in [-0.1, -0.05) is 0 Å². The number of anilines is 1. The number of nitrogens with zero attached hydrogens (tertiary/aromatic N) is 1. The zero-order valence-corrected chi connectivity index (χ0v) is 10.7. The predicted octanol–water partition coefficient (Wildman–Crippen LogP) is 2.75. The Morgan fingerprint density at radius 3 is 2.55 bits per heavy atom. The van der Waals surface area contributed by atoms with Crippen LogP contribution in [0.4, 0.5) is 14.5 Å². The van der Waals surface area contributed by atoms with Crippen molar-refractivity contribution in [2.24, 2.45) is 0 Å². The third kappa shape index (κ3) is 2.78. The number of rotatable bonds is 4. The smallest absolute Gasteiger partial charge is 0.150 e. The summed E-state index contributed by atoms with van der Waals surface area (Å²) in [4.78, 5) is 0. The quantitative estimate of drug-likeness (QED) is 0.902. The first kappa shape index (κ1) is 14.0. The molecular weight excluding hydrogens is 266 g/mol. The Morgan fingerprint density at radius 1 is 1.40 bits per heavy atom. The van der Waals surface area contributed by atoms with Gasteiger partial charge in [0.1, 0.15) is 17.0 Å². The molecule has 1 aromatic heterocycles. The lowest BCUT2D eigenvalue weighted by Crippen LogP contribution is -2.30. The second-order valence-electron chi connectivity index (χ2n) is 4.53. The van der Waals surface area contributed by atoms with Crippen molar-refractivity contribution >= 4 is 5.69 Å². The first-order valence-corrected chi connectivity index (χ1v) is 5.83. The molecule has 4 nitrogen and oxygen atoms in total. The van der Waals surface area contributed by atoms with E-state index in [-0.39, 0.29) is 17.9 Å². The third-order valence-electron chi connectivity index (χ3n) is 2.83. The lowest BCUT2D eigenvalue weighted by molar-refractivity contribution is 0.0475. The molecule has 20 heavy (non-hydrogen) atoms. The highest BCUT2D eigenvalue weighted by molar-refractivity contribution is 5.50. The third-order valence-corrected chi connectivity index (χ3v) is 2.83. The molecule has 2 aromatic rings. The van der Waals surface area contributed by atoms with Crippen molar-refractivity contribution in [1.82, 2.24) is 0 Å². The fraction of sp³-hybridized carbons (Fsp3) is 0.214. The van der Waals surface area contributed by atoms with Gasteiger partial charge >= 0.3 is 0 Å². The fourth-order valence-electron chi connectivity index (χ4n) is 1.74. The van der Waals surface area contributed by atoms with Gasteiger partial charge in [0, 0.05) is 0 Å². The molecule has 1 atom stereocenters. The summed E-state index contributed by atoms with van der Waals surface area (Å²) in [6.45, 7) is 1.30. The van der Waals surface area contributed by atoms with Crippen LogP contribution in [0.1, 0.15) is 18.2 Å². The highest BCUT2D eigenvalue weighted by Crippen LogP contribution is 2.25. The molecule has 0 aliphatic rings. The lowest BCUT2D eigenvalue weighted by atomic mass is 10.0. The van der Waals surface area contributed by atoms with Gasteiger partial charge in [0.15, 0.2) is 11.6 Å². The average molecular weight is 278 g/mol. The van der Waals surface area contributed by atoms with Crippen LogP contribution >= 0.6 is 0 Å². The molecule has 1 aromatic carbocycles. The topological polar surface area (TPSA) is 69.2 Å². The molecule has 0 radical (unpaired) electrons. The minimum absolute atomic E-state index is 0.108. The van der Waals surface area contributed by atoms with Crippen LogP contribution < -0.4 is 5.32 Å². The lowest BCUT2D eigenvalue weighted by Gasteiger charge is -2.22. The Hall–Kier alpha value is -2.39. The number of aliphatic hydroxyl groups is 1. The molecule has 0 saturated heterocycles. The van der Waals surface area contributed by atoms with E-state index < -0.39 is 22.9 Å². The first-order valence-electron chi connectivity index (χ1n) is 5.83. The Labute approximate surface area is 114 Å². The minimum Gasteiger partial charge on any atom is -0.466 e. The standard InChI is InChI=1S/C14H12F2N2O2/c1-14(19,12-3-2-4-20-12)8-18-13-10(15)5-9(7-17)6-11(13)16/h2-6,18-19H,8H2,1H3. The van der Waals surface area contributed by atoms with E-state index in [0.717, 1.165) is 12.1 Å². The van der Waals surface area contributed by atoms with Crippen molar-refractivity contribution in [3.63, 3.8) is 0 Å². The van der Waals surface area contributed by atoms with Crippen molar-refractivity contribution in [3.8, 4) is 6.07 Å². The first-order chi connectivity index (χ1) is 9.44. The second kappa shape index (κ2) is 5.31. The number of furan rings is 1. The number of nitrogens with one attached hydrogen (secondary N) is 1. The maximum absolute atomic E-state index is 13.7. The van der Waals surface area contributed by atoms with Crippen LogP contribution in [-0.4, -0.2) is 11.7 Å². The Bertz CT molecular complexity index is 623. The van der Waals surface area contributed by atoms with Crippen LogP contribution in [0, 0.1) is 23.0 Å². The van der Waals surface area contributed by atoms with Crippen LogP contribution in [0.2, 0.25) is 0 Å². The van der Waals surface area contributed by atoms with Gasteiger partial charge in [0.2, 0.25) is 0 Å². The Balaban J connectivity index is 2.18. The molecule has 0 spiro atoms. The van der Waals surface area contributed by atoms with Gasteiger partial charge in [0.25, 0.3) is 0 Å². The molecule has 0 aliphatic heterocycles. The monoisotopic (exact) mass is 278 g/mol. The van der Waals surface area contributed by atoms with Gasteiger partial charge in [-0.2, -0.15) is 5.26 Å². The van der Waals surface area contributed by atoms with Crippen LogP contribution in [0.5, 0.6) is 0 Å². The molecule has 2 N–H and O–H groups in total. The van der Waals surface area contributed by atoms with Crippen molar-refractivity contribution in [3.05, 3.63) is 53.5 Å². The van der Waals surface area contributed by atoms with Gasteiger partial charge in [0.05, 0.1) is 24.4 Å². The molecule has 1 unspecified atom stereocenters. The maximum Gasteiger partial charge on any atom is 0.150 e. The summed E-state index contributed by atoms with van der Waals surface area (Å²) in [6.07, 6.45) is 1.40. The zero-order chi connectivity index (χ0) is 14.8. The van der Waals surface area contributed by atoms with E-state index in [1.54, 1.807) is 18.2 Å². The largest absolute Gasteiger partial charge is 0.466 e. The number of benzene rings is 1. The molecule has 2 rings (SSSR count). The second-order valence-corrected chi connectivity index (χ2v) is 4.53. The van der Waals surface area contributed by atoms with Crippen LogP contribution in [0.25, 0.3) is 0 Å². The predicted molar refractivity (Wildman–Crippen MR) is 67.8 cm³/mol. The molecule has 0 saturated carbocycles. The molecule has 1 heterocycles. The summed E-state index contributed by atoms with van der Waals surface area (Å²) < 4.78 is 32.4. The van der Waals surface area contributed by atoms with Crippen LogP contribution in [-0.2, 0) is 5.60 Å². The molecule has 6 heteroatoms. The van der Waals surface area contributed by atoms with E-state index in [4.69, 9.17) is 9.68 Å². The van der Waals surface area contributed by atoms with E-state index in [2.05, 4.69) is 5.32 Å². The SMILES string of the molecule is CC(O)(CNc1c(F)cc(C#N)cc1F)c1ccco1. The van der Waals surface area contributed by atoms with Crippen molar-refractivity contribution < 1.29 is 18.3 Å². The minimum atomic E-state index is -1.42. The highest BCUT2D eigenvalue weighted by atomic mass is 19.1. The summed E-state index contributed by atoms with van der Waals surface area (Å²) in [5.41, 5.74) is -1.92. The molecule has 0 bridgehead atoms. The van der Waals surface area contributed by atoms with Gasteiger partial charge in [-0.25, -0.2) is 8.78 Å². The average Bonchev–Trinajstić information content (AvgIpc) is 2.92. The Morgan fingerprint density at radius 2 is 2.05 bits per heavy atom. The van der Waals surface area contributed by atoms with Crippen molar-refractivity contribution in [2.45, 2.75) is 12.5 Å². The van der Waals surface area contributed by atoms with Gasteiger partial charge < -0.3 is 14.8 Å². The zero-order valence-electron chi connectivity index (χ0n) is 10.7. The van der Waals surface area contributed by atoms with E-state index >= 15 is 0 Å². The van der Waals surface area contributed by atoms with Gasteiger partial charge in [-0.15, -0.1) is 0 Å². The van der Waals surface area contributed by atoms with Crippen molar-refractivity contribution in [2.75, 3.05) is 11.9 Å². The number of halogens is 2. The number of hydrogen-bond acceptors (Lipinski definition) is 4. The van der Waals surface area contributed by atoms with Crippen molar-refractivity contribution in [1.29, 1.82) is 5.26 Å². The number of nitriles is 1. The summed E-state index contributed by atoms with van der Waals surface area (Å²) in [7, 11) is 0. The maximum atomic E-state index is 13.7. The summed E-state index contributed by atoms with van der Waals surface area (Å²) in [5.74, 6) is -1.51. The van der Waals surface area contributed by atoms with E-state index in [1.165, 1.54) is 13.2 Å². The van der Waals surface area contributed by atoms with Crippen LogP contribution in [0.15, 0.2) is 34.9 Å². The summed E-state index contributed by atoms with van der Waals surface area (Å²) >= 11 is 0. The molecule has 0 amide bonds. The fourth-order valence-corrected chi connectivity index (χ4v) is 1.74.